The number of benzene rings is 1. The maximum Gasteiger partial charge on any atom is 0.161 e. The maximum absolute atomic E-state index is 11.6. The summed E-state index contributed by atoms with van der Waals surface area (Å²) in [6, 6.07) is 9.78. The molecule has 0 saturated carbocycles. The summed E-state index contributed by atoms with van der Waals surface area (Å²) in [6.45, 7) is 0.631. The third-order valence-corrected chi connectivity index (χ3v) is 3.04. The van der Waals surface area contributed by atoms with E-state index in [4.69, 9.17) is 4.74 Å². The number of rotatable bonds is 5. The summed E-state index contributed by atoms with van der Waals surface area (Å²) >= 11 is 0. The summed E-state index contributed by atoms with van der Waals surface area (Å²) in [5.41, 5.74) is 1.59. The van der Waals surface area contributed by atoms with Gasteiger partial charge in [-0.1, -0.05) is 36.4 Å². The minimum atomic E-state index is -0.790. The van der Waals surface area contributed by atoms with Crippen LogP contribution in [-0.4, -0.2) is 23.6 Å². The van der Waals surface area contributed by atoms with Crippen molar-refractivity contribution < 1.29 is 14.6 Å². The number of allylic oxidation sites excluding steroid dienone is 1. The fourth-order valence-electron chi connectivity index (χ4n) is 2.05. The third-order valence-electron chi connectivity index (χ3n) is 3.04. The van der Waals surface area contributed by atoms with Gasteiger partial charge in [-0.15, -0.1) is 0 Å². The van der Waals surface area contributed by atoms with Crippen molar-refractivity contribution in [2.75, 3.05) is 6.61 Å². The molecule has 0 radical (unpaired) electrons. The summed E-state index contributed by atoms with van der Waals surface area (Å²) in [6.07, 6.45) is 3.35. The summed E-state index contributed by atoms with van der Waals surface area (Å²) in [7, 11) is 0. The molecule has 0 saturated heterocycles. The number of aliphatic hydroxyl groups is 1. The van der Waals surface area contributed by atoms with Gasteiger partial charge >= 0.3 is 0 Å². The van der Waals surface area contributed by atoms with Crippen molar-refractivity contribution in [3.8, 4) is 0 Å². The number of carbonyl (C=O) groups excluding carboxylic acids is 1. The maximum atomic E-state index is 11.6. The average Bonchev–Trinajstić information content (AvgIpc) is 2.40. The van der Waals surface area contributed by atoms with E-state index < -0.39 is 6.10 Å². The van der Waals surface area contributed by atoms with Gasteiger partial charge in [0.25, 0.3) is 0 Å². The molecule has 3 nitrogen and oxygen atoms in total. The highest BCUT2D eigenvalue weighted by Crippen LogP contribution is 2.17. The van der Waals surface area contributed by atoms with E-state index in [9.17, 15) is 9.90 Å². The number of ether oxygens (including phenoxy) is 1. The topological polar surface area (TPSA) is 46.5 Å². The van der Waals surface area contributed by atoms with Crippen molar-refractivity contribution in [2.45, 2.75) is 32.0 Å². The van der Waals surface area contributed by atoms with Crippen LogP contribution in [0.1, 0.15) is 24.8 Å². The van der Waals surface area contributed by atoms with Gasteiger partial charge in [-0.25, -0.2) is 0 Å². The average molecular weight is 246 g/mol. The van der Waals surface area contributed by atoms with Crippen LogP contribution in [0.5, 0.6) is 0 Å². The largest absolute Gasteiger partial charge is 0.386 e. The number of hydrogen-bond donors (Lipinski definition) is 1. The van der Waals surface area contributed by atoms with Gasteiger partial charge in [0.2, 0.25) is 0 Å². The van der Waals surface area contributed by atoms with Crippen molar-refractivity contribution >= 4 is 5.78 Å². The molecule has 2 rings (SSSR count). The van der Waals surface area contributed by atoms with Crippen LogP contribution in [0.15, 0.2) is 42.0 Å². The minimum Gasteiger partial charge on any atom is -0.386 e. The molecular weight excluding hydrogens is 228 g/mol. The van der Waals surface area contributed by atoms with E-state index in [0.29, 0.717) is 18.6 Å². The van der Waals surface area contributed by atoms with Gasteiger partial charge in [0.1, 0.15) is 6.10 Å². The highest BCUT2D eigenvalue weighted by Gasteiger charge is 2.20. The molecule has 0 bridgehead atoms. The zero-order valence-corrected chi connectivity index (χ0v) is 10.3. The Bertz CT molecular complexity index is 423. The Balaban J connectivity index is 1.80. The molecule has 0 spiro atoms. The Morgan fingerprint density at radius 2 is 2.06 bits per heavy atom. The van der Waals surface area contributed by atoms with Crippen LogP contribution in [0.25, 0.3) is 0 Å². The lowest BCUT2D eigenvalue weighted by Crippen LogP contribution is -2.25. The predicted octanol–water partition coefficient (Wildman–Crippen LogP) is 2.24. The van der Waals surface area contributed by atoms with Crippen molar-refractivity contribution in [1.29, 1.82) is 0 Å². The lowest BCUT2D eigenvalue weighted by molar-refractivity contribution is -0.117. The summed E-state index contributed by atoms with van der Waals surface area (Å²) < 4.78 is 5.44. The Kier molecular flexibility index (Phi) is 4.67. The lowest BCUT2D eigenvalue weighted by atomic mass is 9.94. The van der Waals surface area contributed by atoms with Gasteiger partial charge in [-0.3, -0.25) is 4.79 Å². The summed E-state index contributed by atoms with van der Waals surface area (Å²) in [5, 5.41) is 9.91. The molecule has 1 atom stereocenters. The molecule has 1 aliphatic carbocycles. The van der Waals surface area contributed by atoms with Gasteiger partial charge < -0.3 is 9.84 Å². The summed E-state index contributed by atoms with van der Waals surface area (Å²) in [5.74, 6) is 0.0528. The molecule has 0 heterocycles. The first-order valence-electron chi connectivity index (χ1n) is 6.30. The van der Waals surface area contributed by atoms with E-state index in [1.165, 1.54) is 0 Å². The second kappa shape index (κ2) is 6.47. The molecule has 96 valence electrons. The smallest absolute Gasteiger partial charge is 0.161 e. The molecule has 0 fully saturated rings. The van der Waals surface area contributed by atoms with E-state index in [2.05, 4.69) is 0 Å². The number of Topliss-reactive ketones (excluding diaryl/α,β-unsaturated/α-hetero) is 1. The van der Waals surface area contributed by atoms with Crippen LogP contribution in [0, 0.1) is 0 Å². The van der Waals surface area contributed by atoms with Gasteiger partial charge in [-0.2, -0.15) is 0 Å². The fourth-order valence-corrected chi connectivity index (χ4v) is 2.05. The number of carbonyl (C=O) groups is 1. The molecular formula is C15H18O3. The quantitative estimate of drug-likeness (QED) is 0.866. The molecule has 0 unspecified atom stereocenters. The van der Waals surface area contributed by atoms with Crippen LogP contribution < -0.4 is 0 Å². The highest BCUT2D eigenvalue weighted by atomic mass is 16.5. The predicted molar refractivity (Wildman–Crippen MR) is 69.0 cm³/mol. The third kappa shape index (κ3) is 3.52. The Morgan fingerprint density at radius 1 is 1.28 bits per heavy atom. The molecule has 0 aliphatic heterocycles. The molecule has 1 aromatic carbocycles. The normalized spacial score (nSPS) is 17.4. The molecule has 1 N–H and O–H groups in total. The van der Waals surface area contributed by atoms with Crippen LogP contribution >= 0.6 is 0 Å². The van der Waals surface area contributed by atoms with Crippen molar-refractivity contribution in [2.24, 2.45) is 0 Å². The van der Waals surface area contributed by atoms with E-state index in [0.717, 1.165) is 18.4 Å². The standard InChI is InChI=1S/C15H18O3/c16-14-9-5-4-8-13(14)15(17)11-18-10-12-6-2-1-3-7-12/h1-3,6-8,15,17H,4-5,9-11H2/t15-/m0/s1. The van der Waals surface area contributed by atoms with E-state index >= 15 is 0 Å². The molecule has 18 heavy (non-hydrogen) atoms. The second-order valence-electron chi connectivity index (χ2n) is 4.49. The van der Waals surface area contributed by atoms with Crippen molar-refractivity contribution in [3.63, 3.8) is 0 Å². The van der Waals surface area contributed by atoms with Gasteiger partial charge in [0.15, 0.2) is 5.78 Å². The van der Waals surface area contributed by atoms with Crippen molar-refractivity contribution in [3.05, 3.63) is 47.5 Å². The molecule has 1 aliphatic rings. The first-order valence-corrected chi connectivity index (χ1v) is 6.30. The van der Waals surface area contributed by atoms with Gasteiger partial charge in [-0.05, 0) is 18.4 Å². The lowest BCUT2D eigenvalue weighted by Gasteiger charge is -2.17. The molecule has 1 aromatic rings. The number of aliphatic hydroxyl groups excluding tert-OH is 1. The van der Waals surface area contributed by atoms with Gasteiger partial charge in [0.05, 0.1) is 13.2 Å². The number of ketones is 1. The zero-order chi connectivity index (χ0) is 12.8. The van der Waals surface area contributed by atoms with Crippen LogP contribution in [-0.2, 0) is 16.1 Å². The Hall–Kier alpha value is -1.45. The SMILES string of the molecule is O=C1CCCC=C1[C@@H](O)COCc1ccccc1. The van der Waals surface area contributed by atoms with Crippen LogP contribution in [0.4, 0.5) is 0 Å². The van der Waals surface area contributed by atoms with Crippen molar-refractivity contribution in [1.82, 2.24) is 0 Å². The van der Waals surface area contributed by atoms with Crippen LogP contribution in [0.2, 0.25) is 0 Å². The molecule has 0 amide bonds. The number of hydrogen-bond acceptors (Lipinski definition) is 3. The zero-order valence-electron chi connectivity index (χ0n) is 10.3. The summed E-state index contributed by atoms with van der Waals surface area (Å²) in [4.78, 5) is 11.6. The fraction of sp³-hybridized carbons (Fsp3) is 0.400. The highest BCUT2D eigenvalue weighted by molar-refractivity contribution is 5.96. The van der Waals surface area contributed by atoms with Gasteiger partial charge in [0, 0.05) is 12.0 Å². The monoisotopic (exact) mass is 246 g/mol. The van der Waals surface area contributed by atoms with Crippen LogP contribution in [0.3, 0.4) is 0 Å². The van der Waals surface area contributed by atoms with E-state index in [1.807, 2.05) is 36.4 Å². The Morgan fingerprint density at radius 3 is 2.78 bits per heavy atom. The minimum absolute atomic E-state index is 0.0528. The first kappa shape index (κ1) is 13.0. The first-order chi connectivity index (χ1) is 8.77. The molecule has 0 aromatic heterocycles. The van der Waals surface area contributed by atoms with E-state index in [-0.39, 0.29) is 12.4 Å². The second-order valence-corrected chi connectivity index (χ2v) is 4.49. The van der Waals surface area contributed by atoms with E-state index in [1.54, 1.807) is 0 Å². The Labute approximate surface area is 107 Å². The molecule has 3 heteroatoms.